The maximum Gasteiger partial charge on any atom is 0.234 e. The lowest BCUT2D eigenvalue weighted by atomic mass is 10.2. The fraction of sp³-hybridized carbons (Fsp3) is 0.0833. The van der Waals surface area contributed by atoms with E-state index >= 15 is 0 Å². The lowest BCUT2D eigenvalue weighted by molar-refractivity contribution is -0.116. The topological polar surface area (TPSA) is 88.9 Å². The third kappa shape index (κ3) is 5.83. The predicted octanol–water partition coefficient (Wildman–Crippen LogP) is 4.32. The SMILES string of the molecule is O=C(CSc1nnc(CC(=O)Nc2ccccc2F)n1-c1ccccc1)Nc1ccccc1. The highest BCUT2D eigenvalue weighted by Crippen LogP contribution is 2.23. The zero-order valence-corrected chi connectivity index (χ0v) is 18.3. The maximum absolute atomic E-state index is 13.9. The van der Waals surface area contributed by atoms with Gasteiger partial charge < -0.3 is 10.6 Å². The first kappa shape index (κ1) is 22.2. The Hall–Kier alpha value is -3.98. The Labute approximate surface area is 194 Å². The van der Waals surface area contributed by atoms with Crippen LogP contribution in [0.4, 0.5) is 15.8 Å². The van der Waals surface area contributed by atoms with Crippen LogP contribution in [-0.2, 0) is 16.0 Å². The highest BCUT2D eigenvalue weighted by molar-refractivity contribution is 7.99. The molecule has 1 heterocycles. The Morgan fingerprint density at radius 2 is 1.48 bits per heavy atom. The van der Waals surface area contributed by atoms with Crippen molar-refractivity contribution in [3.05, 3.63) is 96.6 Å². The van der Waals surface area contributed by atoms with E-state index in [0.29, 0.717) is 16.7 Å². The normalized spacial score (nSPS) is 10.6. The number of halogens is 1. The molecule has 0 aliphatic rings. The minimum Gasteiger partial charge on any atom is -0.325 e. The molecule has 0 spiro atoms. The number of rotatable bonds is 8. The van der Waals surface area contributed by atoms with Crippen molar-refractivity contribution in [2.75, 3.05) is 16.4 Å². The molecule has 0 aliphatic heterocycles. The number of thioether (sulfide) groups is 1. The summed E-state index contributed by atoms with van der Waals surface area (Å²) in [6.07, 6.45) is -0.118. The van der Waals surface area contributed by atoms with Crippen LogP contribution >= 0.6 is 11.8 Å². The lowest BCUT2D eigenvalue weighted by Crippen LogP contribution is -2.18. The summed E-state index contributed by atoms with van der Waals surface area (Å²) in [5, 5.41) is 14.2. The van der Waals surface area contributed by atoms with Crippen molar-refractivity contribution in [2.45, 2.75) is 11.6 Å². The molecule has 4 aromatic rings. The number of para-hydroxylation sites is 3. The predicted molar refractivity (Wildman–Crippen MR) is 126 cm³/mol. The monoisotopic (exact) mass is 461 g/mol. The lowest BCUT2D eigenvalue weighted by Gasteiger charge is -2.11. The standard InChI is InChI=1S/C24H20FN5O2S/c25-19-13-7-8-14-20(19)27-22(31)15-21-28-29-24(30(21)18-11-5-2-6-12-18)33-16-23(32)26-17-9-3-1-4-10-17/h1-14H,15-16H2,(H,26,32)(H,27,31). The van der Waals surface area contributed by atoms with Crippen LogP contribution in [0.15, 0.2) is 90.1 Å². The number of carbonyl (C=O) groups excluding carboxylic acids is 2. The molecule has 2 amide bonds. The smallest absolute Gasteiger partial charge is 0.234 e. The molecule has 166 valence electrons. The van der Waals surface area contributed by atoms with Gasteiger partial charge in [-0.2, -0.15) is 0 Å². The van der Waals surface area contributed by atoms with Gasteiger partial charge in [0, 0.05) is 11.4 Å². The van der Waals surface area contributed by atoms with Crippen molar-refractivity contribution in [3.63, 3.8) is 0 Å². The van der Waals surface area contributed by atoms with Crippen LogP contribution in [-0.4, -0.2) is 32.3 Å². The number of hydrogen-bond donors (Lipinski definition) is 2. The fourth-order valence-corrected chi connectivity index (χ4v) is 3.86. The van der Waals surface area contributed by atoms with Gasteiger partial charge in [-0.05, 0) is 36.4 Å². The van der Waals surface area contributed by atoms with Gasteiger partial charge in [0.15, 0.2) is 5.16 Å². The summed E-state index contributed by atoms with van der Waals surface area (Å²) in [7, 11) is 0. The van der Waals surface area contributed by atoms with Crippen LogP contribution in [0, 0.1) is 5.82 Å². The minimum absolute atomic E-state index is 0.0976. The summed E-state index contributed by atoms with van der Waals surface area (Å²) in [6, 6.07) is 24.4. The molecule has 3 aromatic carbocycles. The Kier molecular flexibility index (Phi) is 7.11. The second-order valence-corrected chi connectivity index (χ2v) is 7.92. The van der Waals surface area contributed by atoms with E-state index in [4.69, 9.17) is 0 Å². The Morgan fingerprint density at radius 1 is 0.818 bits per heavy atom. The molecule has 2 N–H and O–H groups in total. The number of aromatic nitrogens is 3. The molecule has 7 nitrogen and oxygen atoms in total. The van der Waals surface area contributed by atoms with Crippen molar-refractivity contribution in [2.24, 2.45) is 0 Å². The molecule has 0 saturated heterocycles. The zero-order valence-electron chi connectivity index (χ0n) is 17.4. The molecule has 0 radical (unpaired) electrons. The average Bonchev–Trinajstić information content (AvgIpc) is 3.22. The summed E-state index contributed by atoms with van der Waals surface area (Å²) in [6.45, 7) is 0. The van der Waals surface area contributed by atoms with Crippen molar-refractivity contribution in [1.29, 1.82) is 0 Å². The van der Waals surface area contributed by atoms with Crippen LogP contribution in [0.25, 0.3) is 5.69 Å². The average molecular weight is 462 g/mol. The summed E-state index contributed by atoms with van der Waals surface area (Å²) in [5.41, 5.74) is 1.56. The number of nitrogens with zero attached hydrogens (tertiary/aromatic N) is 3. The van der Waals surface area contributed by atoms with E-state index in [-0.39, 0.29) is 23.8 Å². The molecule has 4 rings (SSSR count). The van der Waals surface area contributed by atoms with Crippen LogP contribution < -0.4 is 10.6 Å². The first-order valence-corrected chi connectivity index (χ1v) is 11.1. The van der Waals surface area contributed by atoms with E-state index < -0.39 is 11.7 Å². The molecule has 9 heteroatoms. The zero-order chi connectivity index (χ0) is 23.0. The van der Waals surface area contributed by atoms with E-state index in [1.165, 1.54) is 23.9 Å². The molecule has 0 atom stereocenters. The first-order chi connectivity index (χ1) is 16.1. The highest BCUT2D eigenvalue weighted by atomic mass is 32.2. The van der Waals surface area contributed by atoms with Gasteiger partial charge in [-0.1, -0.05) is 60.3 Å². The van der Waals surface area contributed by atoms with E-state index in [0.717, 1.165) is 5.69 Å². The molecule has 0 fully saturated rings. The molecule has 33 heavy (non-hydrogen) atoms. The Morgan fingerprint density at radius 3 is 2.21 bits per heavy atom. The van der Waals surface area contributed by atoms with Gasteiger partial charge >= 0.3 is 0 Å². The first-order valence-electron chi connectivity index (χ1n) is 10.1. The van der Waals surface area contributed by atoms with Gasteiger partial charge in [-0.15, -0.1) is 10.2 Å². The van der Waals surface area contributed by atoms with Crippen LogP contribution in [0.1, 0.15) is 5.82 Å². The number of amides is 2. The van der Waals surface area contributed by atoms with E-state index in [1.54, 1.807) is 28.8 Å². The maximum atomic E-state index is 13.9. The second kappa shape index (κ2) is 10.6. The third-order valence-corrected chi connectivity index (χ3v) is 5.50. The fourth-order valence-electron chi connectivity index (χ4n) is 3.09. The van der Waals surface area contributed by atoms with Gasteiger partial charge in [-0.3, -0.25) is 14.2 Å². The van der Waals surface area contributed by atoms with Crippen molar-refractivity contribution in [1.82, 2.24) is 14.8 Å². The van der Waals surface area contributed by atoms with E-state index in [2.05, 4.69) is 20.8 Å². The van der Waals surface area contributed by atoms with Crippen LogP contribution in [0.3, 0.4) is 0 Å². The van der Waals surface area contributed by atoms with E-state index in [1.807, 2.05) is 48.5 Å². The third-order valence-electron chi connectivity index (χ3n) is 4.57. The highest BCUT2D eigenvalue weighted by Gasteiger charge is 2.19. The summed E-state index contributed by atoms with van der Waals surface area (Å²) >= 11 is 1.21. The van der Waals surface area contributed by atoms with Gasteiger partial charge in [-0.25, -0.2) is 4.39 Å². The van der Waals surface area contributed by atoms with Gasteiger partial charge in [0.2, 0.25) is 11.8 Å². The van der Waals surface area contributed by atoms with Crippen molar-refractivity contribution < 1.29 is 14.0 Å². The Bertz CT molecular complexity index is 1250. The molecule has 0 unspecified atom stereocenters. The quantitative estimate of drug-likeness (QED) is 0.382. The van der Waals surface area contributed by atoms with Crippen LogP contribution in [0.5, 0.6) is 0 Å². The van der Waals surface area contributed by atoms with Crippen molar-refractivity contribution in [3.8, 4) is 5.69 Å². The van der Waals surface area contributed by atoms with Gasteiger partial charge in [0.25, 0.3) is 0 Å². The number of nitrogens with one attached hydrogen (secondary N) is 2. The molecule has 1 aromatic heterocycles. The number of benzene rings is 3. The summed E-state index contributed by atoms with van der Waals surface area (Å²) < 4.78 is 15.6. The largest absolute Gasteiger partial charge is 0.325 e. The van der Waals surface area contributed by atoms with Crippen LogP contribution in [0.2, 0.25) is 0 Å². The van der Waals surface area contributed by atoms with E-state index in [9.17, 15) is 14.0 Å². The molecular formula is C24H20FN5O2S. The van der Waals surface area contributed by atoms with Gasteiger partial charge in [0.05, 0.1) is 17.9 Å². The van der Waals surface area contributed by atoms with Crippen molar-refractivity contribution >= 4 is 35.0 Å². The summed E-state index contributed by atoms with van der Waals surface area (Å²) in [4.78, 5) is 24.9. The molecule has 0 aliphatic carbocycles. The molecular weight excluding hydrogens is 441 g/mol. The number of hydrogen-bond acceptors (Lipinski definition) is 5. The second-order valence-electron chi connectivity index (χ2n) is 6.98. The number of carbonyl (C=O) groups is 2. The minimum atomic E-state index is -0.518. The molecule has 0 saturated carbocycles. The Balaban J connectivity index is 1.50. The molecule has 0 bridgehead atoms. The summed E-state index contributed by atoms with van der Waals surface area (Å²) in [5.74, 6) is -0.644. The number of anilines is 2. The van der Waals surface area contributed by atoms with Gasteiger partial charge in [0.1, 0.15) is 11.6 Å².